The van der Waals surface area contributed by atoms with Gasteiger partial charge in [0.15, 0.2) is 0 Å². The zero-order valence-corrected chi connectivity index (χ0v) is 13.3. The van der Waals surface area contributed by atoms with Crippen LogP contribution in [0.15, 0.2) is 22.7 Å². The van der Waals surface area contributed by atoms with Gasteiger partial charge in [-0.2, -0.15) is 0 Å². The summed E-state index contributed by atoms with van der Waals surface area (Å²) in [5.41, 5.74) is 0.266. The van der Waals surface area contributed by atoms with E-state index in [0.717, 1.165) is 0 Å². The number of carbonyl (C=O) groups excluding carboxylic acids is 1. The van der Waals surface area contributed by atoms with Crippen LogP contribution in [0.2, 0.25) is 0 Å². The normalized spacial score (nSPS) is 23.0. The monoisotopic (exact) mass is 357 g/mol. The maximum absolute atomic E-state index is 14.3. The first-order valence-electron chi connectivity index (χ1n) is 6.93. The molecule has 1 aliphatic heterocycles. The Morgan fingerprint density at radius 2 is 2.24 bits per heavy atom. The van der Waals surface area contributed by atoms with Gasteiger partial charge in [-0.1, -0.05) is 22.0 Å². The average Bonchev–Trinajstić information content (AvgIpc) is 2.57. The number of rotatable bonds is 3. The number of halogens is 2. The van der Waals surface area contributed by atoms with E-state index in [2.05, 4.69) is 15.9 Å². The van der Waals surface area contributed by atoms with Gasteiger partial charge in [0, 0.05) is 23.0 Å². The summed E-state index contributed by atoms with van der Waals surface area (Å²) in [6, 6.07) is 3.77. The van der Waals surface area contributed by atoms with Crippen molar-refractivity contribution in [2.75, 3.05) is 6.54 Å². The highest BCUT2D eigenvalue weighted by Crippen LogP contribution is 2.37. The van der Waals surface area contributed by atoms with E-state index in [9.17, 15) is 19.1 Å². The highest BCUT2D eigenvalue weighted by molar-refractivity contribution is 9.10. The van der Waals surface area contributed by atoms with Crippen LogP contribution in [-0.4, -0.2) is 28.4 Å². The lowest BCUT2D eigenvalue weighted by Gasteiger charge is -2.33. The second kappa shape index (κ2) is 6.56. The molecular weight excluding hydrogens is 341 g/mol. The number of carboxylic acid groups (broad SMARTS) is 1. The Kier molecular flexibility index (Phi) is 4.98. The van der Waals surface area contributed by atoms with Gasteiger partial charge in [0.25, 0.3) is 0 Å². The van der Waals surface area contributed by atoms with E-state index < -0.39 is 23.7 Å². The van der Waals surface area contributed by atoms with Crippen LogP contribution in [0.1, 0.15) is 37.8 Å². The molecule has 1 aromatic carbocycles. The van der Waals surface area contributed by atoms with Crippen molar-refractivity contribution in [1.29, 1.82) is 0 Å². The summed E-state index contributed by atoms with van der Waals surface area (Å²) < 4.78 is 14.9. The quantitative estimate of drug-likeness (QED) is 0.902. The molecule has 1 aliphatic rings. The van der Waals surface area contributed by atoms with Crippen molar-refractivity contribution < 1.29 is 19.1 Å². The smallest absolute Gasteiger partial charge is 0.308 e. The zero-order valence-electron chi connectivity index (χ0n) is 11.7. The minimum Gasteiger partial charge on any atom is -0.481 e. The molecule has 114 valence electrons. The molecule has 2 unspecified atom stereocenters. The van der Waals surface area contributed by atoms with E-state index >= 15 is 0 Å². The third-order valence-corrected chi connectivity index (χ3v) is 4.38. The van der Waals surface area contributed by atoms with Gasteiger partial charge in [0.2, 0.25) is 5.91 Å². The Bertz CT molecular complexity index is 562. The summed E-state index contributed by atoms with van der Waals surface area (Å²) in [7, 11) is 0. The fourth-order valence-corrected chi connectivity index (χ4v) is 3.24. The number of benzene rings is 1. The lowest BCUT2D eigenvalue weighted by molar-refractivity contribution is -0.146. The topological polar surface area (TPSA) is 57.6 Å². The molecule has 0 spiro atoms. The molecule has 0 aliphatic carbocycles. The van der Waals surface area contributed by atoms with Crippen LogP contribution in [0.4, 0.5) is 4.39 Å². The van der Waals surface area contributed by atoms with E-state index in [4.69, 9.17) is 0 Å². The summed E-state index contributed by atoms with van der Waals surface area (Å²) in [5, 5.41) is 9.47. The molecule has 1 amide bonds. The first-order chi connectivity index (χ1) is 9.95. The minimum absolute atomic E-state index is 0.117. The molecule has 4 nitrogen and oxygen atoms in total. The number of carboxylic acids is 1. The van der Waals surface area contributed by atoms with Crippen molar-refractivity contribution in [2.45, 2.75) is 32.2 Å². The van der Waals surface area contributed by atoms with Gasteiger partial charge < -0.3 is 10.0 Å². The van der Waals surface area contributed by atoms with Gasteiger partial charge in [-0.05, 0) is 31.9 Å². The van der Waals surface area contributed by atoms with Gasteiger partial charge in [-0.3, -0.25) is 9.59 Å². The van der Waals surface area contributed by atoms with Gasteiger partial charge in [-0.25, -0.2) is 4.39 Å². The fraction of sp³-hybridized carbons (Fsp3) is 0.467. The molecule has 0 radical (unpaired) electrons. The Balaban J connectivity index is 2.53. The highest BCUT2D eigenvalue weighted by atomic mass is 79.9. The summed E-state index contributed by atoms with van der Waals surface area (Å²) >= 11 is 3.19. The number of amides is 1. The van der Waals surface area contributed by atoms with Crippen LogP contribution in [0.5, 0.6) is 0 Å². The Labute approximate surface area is 131 Å². The molecule has 1 fully saturated rings. The molecular formula is C15H17BrFNO3. The second-order valence-electron chi connectivity index (χ2n) is 5.13. The molecule has 1 aromatic rings. The number of hydrogen-bond acceptors (Lipinski definition) is 2. The predicted molar refractivity (Wildman–Crippen MR) is 79.2 cm³/mol. The van der Waals surface area contributed by atoms with Crippen LogP contribution in [-0.2, 0) is 9.59 Å². The van der Waals surface area contributed by atoms with E-state index in [1.807, 2.05) is 0 Å². The number of aliphatic carboxylic acids is 1. The van der Waals surface area contributed by atoms with Crippen molar-refractivity contribution in [3.05, 3.63) is 34.1 Å². The van der Waals surface area contributed by atoms with E-state index in [1.165, 1.54) is 11.0 Å². The third-order valence-electron chi connectivity index (χ3n) is 3.88. The molecule has 6 heteroatoms. The molecule has 2 atom stereocenters. The Hall–Kier alpha value is -1.43. The molecule has 1 saturated heterocycles. The van der Waals surface area contributed by atoms with Gasteiger partial charge in [0.1, 0.15) is 5.82 Å². The zero-order chi connectivity index (χ0) is 15.6. The maximum Gasteiger partial charge on any atom is 0.308 e. The van der Waals surface area contributed by atoms with E-state index in [1.54, 1.807) is 19.1 Å². The van der Waals surface area contributed by atoms with Crippen molar-refractivity contribution >= 4 is 27.8 Å². The van der Waals surface area contributed by atoms with Crippen LogP contribution in [0.25, 0.3) is 0 Å². The standard InChI is InChI=1S/C15H17BrFNO3/c1-2-18-13(19)5-3-4-11(15(20)21)14(18)10-7-6-9(16)8-12(10)17/h6-8,11,14H,2-5H2,1H3,(H,20,21). The SMILES string of the molecule is CCN1C(=O)CCCC(C(=O)O)C1c1ccc(Br)cc1F. The Morgan fingerprint density at radius 1 is 1.52 bits per heavy atom. The molecule has 1 N–H and O–H groups in total. The summed E-state index contributed by atoms with van der Waals surface area (Å²) in [6.07, 6.45) is 1.20. The summed E-state index contributed by atoms with van der Waals surface area (Å²) in [6.45, 7) is 2.15. The van der Waals surface area contributed by atoms with E-state index in [0.29, 0.717) is 30.3 Å². The van der Waals surface area contributed by atoms with Crippen molar-refractivity contribution in [2.24, 2.45) is 5.92 Å². The first kappa shape index (κ1) is 15.9. The molecule has 0 aromatic heterocycles. The lowest BCUT2D eigenvalue weighted by atomic mass is 9.89. The Morgan fingerprint density at radius 3 is 2.81 bits per heavy atom. The number of likely N-dealkylation sites (tertiary alicyclic amines) is 1. The lowest BCUT2D eigenvalue weighted by Crippen LogP contribution is -2.39. The minimum atomic E-state index is -0.990. The summed E-state index contributed by atoms with van der Waals surface area (Å²) in [4.78, 5) is 25.2. The van der Waals surface area contributed by atoms with Gasteiger partial charge >= 0.3 is 5.97 Å². The van der Waals surface area contributed by atoms with Crippen molar-refractivity contribution in [1.82, 2.24) is 4.90 Å². The average molecular weight is 358 g/mol. The van der Waals surface area contributed by atoms with Crippen molar-refractivity contribution in [3.63, 3.8) is 0 Å². The molecule has 2 rings (SSSR count). The molecule has 0 saturated carbocycles. The van der Waals surface area contributed by atoms with Crippen molar-refractivity contribution in [3.8, 4) is 0 Å². The van der Waals surface area contributed by atoms with Crippen LogP contribution < -0.4 is 0 Å². The van der Waals surface area contributed by atoms with Gasteiger partial charge in [0.05, 0.1) is 12.0 Å². The van der Waals surface area contributed by atoms with Crippen LogP contribution in [0.3, 0.4) is 0 Å². The van der Waals surface area contributed by atoms with Crippen LogP contribution in [0, 0.1) is 11.7 Å². The largest absolute Gasteiger partial charge is 0.481 e. The number of nitrogens with zero attached hydrogens (tertiary/aromatic N) is 1. The number of carbonyl (C=O) groups is 2. The molecule has 21 heavy (non-hydrogen) atoms. The summed E-state index contributed by atoms with van der Waals surface area (Å²) in [5.74, 6) is -2.38. The molecule has 1 heterocycles. The fourth-order valence-electron chi connectivity index (χ4n) is 2.90. The van der Waals surface area contributed by atoms with Gasteiger partial charge in [-0.15, -0.1) is 0 Å². The predicted octanol–water partition coefficient (Wildman–Crippen LogP) is 3.36. The highest BCUT2D eigenvalue weighted by Gasteiger charge is 2.39. The second-order valence-corrected chi connectivity index (χ2v) is 6.04. The molecule has 0 bridgehead atoms. The first-order valence-corrected chi connectivity index (χ1v) is 7.72. The third kappa shape index (κ3) is 3.26. The van der Waals surface area contributed by atoms with E-state index in [-0.39, 0.29) is 11.5 Å². The van der Waals surface area contributed by atoms with Crippen LogP contribution >= 0.6 is 15.9 Å². The number of hydrogen-bond donors (Lipinski definition) is 1. The maximum atomic E-state index is 14.3.